The molecule has 22 heavy (non-hydrogen) atoms. The highest BCUT2D eigenvalue weighted by molar-refractivity contribution is 7.07. The van der Waals surface area contributed by atoms with E-state index >= 15 is 0 Å². The van der Waals surface area contributed by atoms with Crippen LogP contribution < -0.4 is 0 Å². The summed E-state index contributed by atoms with van der Waals surface area (Å²) in [5.74, 6) is 1.20. The van der Waals surface area contributed by atoms with Crippen molar-refractivity contribution in [3.05, 3.63) is 58.6 Å². The molecule has 0 bridgehead atoms. The Labute approximate surface area is 133 Å². The van der Waals surface area contributed by atoms with E-state index in [1.165, 1.54) is 17.1 Å². The van der Waals surface area contributed by atoms with E-state index in [-0.39, 0.29) is 0 Å². The number of fused-ring (bicyclic) bond motifs is 1. The summed E-state index contributed by atoms with van der Waals surface area (Å²) in [5.41, 5.74) is 2.66. The third-order valence-electron chi connectivity index (χ3n) is 4.18. The molecule has 0 spiro atoms. The van der Waals surface area contributed by atoms with Crippen LogP contribution in [0.5, 0.6) is 0 Å². The second-order valence-electron chi connectivity index (χ2n) is 5.68. The number of rotatable bonds is 4. The fraction of sp³-hybridized carbons (Fsp3) is 0.375. The van der Waals surface area contributed by atoms with Crippen molar-refractivity contribution in [1.29, 1.82) is 0 Å². The summed E-state index contributed by atoms with van der Waals surface area (Å²) in [5, 5.41) is 8.69. The van der Waals surface area contributed by atoms with Crippen molar-refractivity contribution >= 4 is 11.3 Å². The fourth-order valence-corrected chi connectivity index (χ4v) is 3.68. The van der Waals surface area contributed by atoms with Crippen molar-refractivity contribution in [3.8, 4) is 0 Å². The zero-order valence-electron chi connectivity index (χ0n) is 12.4. The van der Waals surface area contributed by atoms with Crippen LogP contribution in [0.3, 0.4) is 0 Å². The predicted octanol–water partition coefficient (Wildman–Crippen LogP) is 2.25. The minimum absolute atomic E-state index is 0.796. The molecule has 0 N–H and O–H groups in total. The van der Waals surface area contributed by atoms with Gasteiger partial charge in [-0.1, -0.05) is 0 Å². The number of thiophene rings is 1. The topological polar surface area (TPSA) is 38.9 Å². The molecule has 6 heteroatoms. The van der Waals surface area contributed by atoms with Gasteiger partial charge in [0.25, 0.3) is 0 Å². The molecule has 1 aliphatic rings. The van der Waals surface area contributed by atoms with Crippen LogP contribution in [0.4, 0.5) is 0 Å². The first-order chi connectivity index (χ1) is 10.9. The molecular formula is C16H19N5S. The molecule has 0 aromatic carbocycles. The van der Waals surface area contributed by atoms with Crippen LogP contribution in [0, 0.1) is 0 Å². The lowest BCUT2D eigenvalue weighted by Crippen LogP contribution is -2.26. The second kappa shape index (κ2) is 6.06. The highest BCUT2D eigenvalue weighted by Gasteiger charge is 2.17. The van der Waals surface area contributed by atoms with Gasteiger partial charge in [-0.15, -0.1) is 0 Å². The molecule has 0 saturated heterocycles. The first-order valence-corrected chi connectivity index (χ1v) is 8.57. The molecule has 0 fully saturated rings. The third-order valence-corrected chi connectivity index (χ3v) is 4.91. The quantitative estimate of drug-likeness (QED) is 0.741. The van der Waals surface area contributed by atoms with Crippen LogP contribution in [-0.4, -0.2) is 37.3 Å². The van der Waals surface area contributed by atoms with E-state index in [1.54, 1.807) is 11.3 Å². The summed E-state index contributed by atoms with van der Waals surface area (Å²) in [7, 11) is 0. The molecule has 114 valence electrons. The number of aromatic nitrogens is 4. The minimum atomic E-state index is 0.796. The zero-order chi connectivity index (χ0) is 14.8. The van der Waals surface area contributed by atoms with Crippen LogP contribution in [0.2, 0.25) is 0 Å². The summed E-state index contributed by atoms with van der Waals surface area (Å²) < 4.78 is 4.33. The maximum absolute atomic E-state index is 4.63. The number of hydrogen-bond donors (Lipinski definition) is 0. The largest absolute Gasteiger partial charge is 0.329 e. The molecule has 0 atom stereocenters. The average Bonchev–Trinajstić information content (AvgIpc) is 3.24. The Balaban J connectivity index is 1.46. The van der Waals surface area contributed by atoms with Gasteiger partial charge in [-0.2, -0.15) is 16.4 Å². The number of nitrogens with zero attached hydrogens (tertiary/aromatic N) is 5. The van der Waals surface area contributed by atoms with Gasteiger partial charge in [-0.05, 0) is 28.5 Å². The van der Waals surface area contributed by atoms with Gasteiger partial charge in [0.2, 0.25) is 0 Å². The predicted molar refractivity (Wildman–Crippen MR) is 86.9 cm³/mol. The molecule has 3 aromatic rings. The minimum Gasteiger partial charge on any atom is -0.329 e. The van der Waals surface area contributed by atoms with Crippen LogP contribution in [0.1, 0.15) is 17.1 Å². The van der Waals surface area contributed by atoms with Crippen LogP contribution in [0.25, 0.3) is 0 Å². The normalized spacial score (nSPS) is 15.6. The lowest BCUT2D eigenvalue weighted by atomic mass is 10.3. The first kappa shape index (κ1) is 13.7. The Kier molecular flexibility index (Phi) is 3.78. The lowest BCUT2D eigenvalue weighted by Gasteiger charge is -2.18. The Morgan fingerprint density at radius 1 is 1.18 bits per heavy atom. The molecule has 0 unspecified atom stereocenters. The van der Waals surface area contributed by atoms with Crippen molar-refractivity contribution in [1.82, 2.24) is 24.2 Å². The second-order valence-corrected chi connectivity index (χ2v) is 6.46. The van der Waals surface area contributed by atoms with Crippen LogP contribution in [-0.2, 0) is 26.1 Å². The van der Waals surface area contributed by atoms with Gasteiger partial charge in [-0.3, -0.25) is 9.58 Å². The summed E-state index contributed by atoms with van der Waals surface area (Å²) >= 11 is 1.77. The van der Waals surface area contributed by atoms with Gasteiger partial charge in [0.15, 0.2) is 0 Å². The van der Waals surface area contributed by atoms with Gasteiger partial charge in [0.05, 0.1) is 18.4 Å². The summed E-state index contributed by atoms with van der Waals surface area (Å²) in [6.45, 7) is 5.00. The van der Waals surface area contributed by atoms with E-state index in [1.807, 2.05) is 29.3 Å². The Bertz CT molecular complexity index is 714. The molecule has 1 aliphatic heterocycles. The van der Waals surface area contributed by atoms with E-state index in [9.17, 15) is 0 Å². The SMILES string of the molecule is c1cnn(Cc2cnc3n2CCN(Cc2ccsc2)CC3)c1. The fourth-order valence-electron chi connectivity index (χ4n) is 3.02. The molecule has 4 heterocycles. The molecule has 3 aromatic heterocycles. The van der Waals surface area contributed by atoms with Crippen molar-refractivity contribution in [2.24, 2.45) is 0 Å². The molecular weight excluding hydrogens is 294 g/mol. The van der Waals surface area contributed by atoms with Gasteiger partial charge in [-0.25, -0.2) is 4.98 Å². The van der Waals surface area contributed by atoms with E-state index in [2.05, 4.69) is 36.4 Å². The molecule has 0 saturated carbocycles. The van der Waals surface area contributed by atoms with Crippen molar-refractivity contribution in [3.63, 3.8) is 0 Å². The van der Waals surface area contributed by atoms with Gasteiger partial charge in [0.1, 0.15) is 5.82 Å². The Morgan fingerprint density at radius 3 is 3.00 bits per heavy atom. The third kappa shape index (κ3) is 2.84. The molecule has 0 amide bonds. The van der Waals surface area contributed by atoms with Crippen LogP contribution in [0.15, 0.2) is 41.5 Å². The summed E-state index contributed by atoms with van der Waals surface area (Å²) in [6, 6.07) is 4.18. The first-order valence-electron chi connectivity index (χ1n) is 7.62. The van der Waals surface area contributed by atoms with E-state index in [4.69, 9.17) is 0 Å². The maximum atomic E-state index is 4.63. The molecule has 0 radical (unpaired) electrons. The lowest BCUT2D eigenvalue weighted by molar-refractivity contribution is 0.271. The highest BCUT2D eigenvalue weighted by atomic mass is 32.1. The smallest absolute Gasteiger partial charge is 0.110 e. The monoisotopic (exact) mass is 313 g/mol. The Hall–Kier alpha value is -1.92. The van der Waals surface area contributed by atoms with Crippen molar-refractivity contribution < 1.29 is 0 Å². The van der Waals surface area contributed by atoms with Gasteiger partial charge < -0.3 is 4.57 Å². The maximum Gasteiger partial charge on any atom is 0.110 e. The van der Waals surface area contributed by atoms with Crippen LogP contribution >= 0.6 is 11.3 Å². The molecule has 0 aliphatic carbocycles. The average molecular weight is 313 g/mol. The Morgan fingerprint density at radius 2 is 2.18 bits per heavy atom. The number of imidazole rings is 1. The van der Waals surface area contributed by atoms with Crippen molar-refractivity contribution in [2.75, 3.05) is 13.1 Å². The number of hydrogen-bond acceptors (Lipinski definition) is 4. The van der Waals surface area contributed by atoms with Gasteiger partial charge in [0, 0.05) is 45.0 Å². The van der Waals surface area contributed by atoms with Crippen molar-refractivity contribution in [2.45, 2.75) is 26.1 Å². The molecule has 5 nitrogen and oxygen atoms in total. The molecule has 4 rings (SSSR count). The highest BCUT2D eigenvalue weighted by Crippen LogP contribution is 2.15. The summed E-state index contributed by atoms with van der Waals surface area (Å²) in [6.07, 6.45) is 6.84. The van der Waals surface area contributed by atoms with E-state index in [0.29, 0.717) is 0 Å². The van der Waals surface area contributed by atoms with Gasteiger partial charge >= 0.3 is 0 Å². The standard InChI is InChI=1S/C16H19N5S/c1-4-18-20(5-1)12-15-10-17-16-2-6-19(7-8-21(15)16)11-14-3-9-22-13-14/h1,3-5,9-10,13H,2,6-8,11-12H2. The summed E-state index contributed by atoms with van der Waals surface area (Å²) in [4.78, 5) is 7.15. The van der Waals surface area contributed by atoms with E-state index < -0.39 is 0 Å². The zero-order valence-corrected chi connectivity index (χ0v) is 13.2. The van der Waals surface area contributed by atoms with E-state index in [0.717, 1.165) is 39.1 Å².